The standard InChI is InChI=1S/C26H27NO4/c1-6-19-15-25(23(28)30-4,24(29)31-5)22(18-11-9-10-16(2)14-18)26(19)17(3)27-21-13-8-7-12-20(21)26/h6-14,19,22H,1,15H2,2-5H3/t19-,22+,26+/m0/s1. The molecule has 2 aromatic rings. The molecule has 4 rings (SSSR count). The van der Waals surface area contributed by atoms with Crippen LogP contribution in [0.1, 0.15) is 36.0 Å². The van der Waals surface area contributed by atoms with E-state index in [0.29, 0.717) is 0 Å². The van der Waals surface area contributed by atoms with Gasteiger partial charge in [0.25, 0.3) is 0 Å². The molecule has 0 aromatic heterocycles. The topological polar surface area (TPSA) is 65.0 Å². The van der Waals surface area contributed by atoms with Crippen molar-refractivity contribution >= 4 is 23.3 Å². The van der Waals surface area contributed by atoms with Crippen molar-refractivity contribution in [2.24, 2.45) is 16.3 Å². The lowest BCUT2D eigenvalue weighted by Crippen LogP contribution is -2.49. The fourth-order valence-electron chi connectivity index (χ4n) is 5.97. The second kappa shape index (κ2) is 7.49. The number of allylic oxidation sites excluding steroid dienone is 1. The third-order valence-corrected chi connectivity index (χ3v) is 7.07. The van der Waals surface area contributed by atoms with E-state index in [-0.39, 0.29) is 12.3 Å². The molecule has 1 fully saturated rings. The largest absolute Gasteiger partial charge is 0.468 e. The SMILES string of the molecule is C=C[C@H]1CC(C(=O)OC)(C(=O)OC)[C@@H](c2cccc(C)c2)[C@]12C(C)=Nc1ccccc12. The number of methoxy groups -OCH3 is 2. The molecule has 1 saturated carbocycles. The number of esters is 2. The highest BCUT2D eigenvalue weighted by molar-refractivity contribution is 6.09. The Labute approximate surface area is 182 Å². The molecule has 0 radical (unpaired) electrons. The monoisotopic (exact) mass is 417 g/mol. The highest BCUT2D eigenvalue weighted by Crippen LogP contribution is 2.67. The molecule has 1 aliphatic carbocycles. The van der Waals surface area contributed by atoms with Crippen molar-refractivity contribution in [3.05, 3.63) is 77.9 Å². The molecule has 0 N–H and O–H groups in total. The summed E-state index contributed by atoms with van der Waals surface area (Å²) >= 11 is 0. The van der Waals surface area contributed by atoms with Crippen molar-refractivity contribution in [2.45, 2.75) is 31.6 Å². The summed E-state index contributed by atoms with van der Waals surface area (Å²) in [6.07, 6.45) is 2.08. The van der Waals surface area contributed by atoms with E-state index in [1.54, 1.807) is 0 Å². The van der Waals surface area contributed by atoms with Gasteiger partial charge in [0.15, 0.2) is 5.41 Å². The van der Waals surface area contributed by atoms with Gasteiger partial charge in [-0.1, -0.05) is 54.1 Å². The number of carbonyl (C=O) groups excluding carboxylic acids is 2. The first-order valence-corrected chi connectivity index (χ1v) is 10.4. The fraction of sp³-hybridized carbons (Fsp3) is 0.346. The van der Waals surface area contributed by atoms with Gasteiger partial charge in [0.2, 0.25) is 0 Å². The van der Waals surface area contributed by atoms with Gasteiger partial charge in [0, 0.05) is 11.6 Å². The first-order valence-electron chi connectivity index (χ1n) is 10.4. The molecular weight excluding hydrogens is 390 g/mol. The molecule has 0 saturated heterocycles. The summed E-state index contributed by atoms with van der Waals surface area (Å²) in [7, 11) is 2.63. The van der Waals surface area contributed by atoms with Crippen molar-refractivity contribution < 1.29 is 19.1 Å². The summed E-state index contributed by atoms with van der Waals surface area (Å²) < 4.78 is 10.5. The normalized spacial score (nSPS) is 25.6. The van der Waals surface area contributed by atoms with Gasteiger partial charge in [-0.05, 0) is 43.4 Å². The van der Waals surface area contributed by atoms with Gasteiger partial charge >= 0.3 is 11.9 Å². The minimum absolute atomic E-state index is 0.219. The molecule has 1 spiro atoms. The number of carbonyl (C=O) groups is 2. The number of hydrogen-bond donors (Lipinski definition) is 0. The number of aliphatic imine (C=N–C) groups is 1. The Kier molecular flexibility index (Phi) is 5.08. The lowest BCUT2D eigenvalue weighted by Gasteiger charge is -2.41. The number of ether oxygens (including phenoxy) is 2. The minimum Gasteiger partial charge on any atom is -0.468 e. The lowest BCUT2D eigenvalue weighted by atomic mass is 9.59. The molecule has 0 bridgehead atoms. The maximum Gasteiger partial charge on any atom is 0.323 e. The number of hydrogen-bond acceptors (Lipinski definition) is 5. The summed E-state index contributed by atoms with van der Waals surface area (Å²) in [6, 6.07) is 15.9. The second-order valence-electron chi connectivity index (χ2n) is 8.43. The molecular formula is C26H27NO4. The van der Waals surface area contributed by atoms with Crippen molar-refractivity contribution in [3.8, 4) is 0 Å². The van der Waals surface area contributed by atoms with Crippen molar-refractivity contribution in [2.75, 3.05) is 14.2 Å². The predicted molar refractivity (Wildman–Crippen MR) is 120 cm³/mol. The molecule has 5 nitrogen and oxygen atoms in total. The van der Waals surface area contributed by atoms with Crippen LogP contribution in [0.15, 0.2) is 66.2 Å². The zero-order valence-electron chi connectivity index (χ0n) is 18.3. The van der Waals surface area contributed by atoms with Crippen LogP contribution in [0.25, 0.3) is 0 Å². The maximum absolute atomic E-state index is 13.4. The number of para-hydroxylation sites is 1. The molecule has 2 aliphatic rings. The fourth-order valence-corrected chi connectivity index (χ4v) is 5.97. The Hall–Kier alpha value is -3.21. The van der Waals surface area contributed by atoms with E-state index in [0.717, 1.165) is 28.1 Å². The summed E-state index contributed by atoms with van der Waals surface area (Å²) in [4.78, 5) is 31.7. The Morgan fingerprint density at radius 3 is 2.35 bits per heavy atom. The summed E-state index contributed by atoms with van der Waals surface area (Å²) in [5, 5.41) is 0. The van der Waals surface area contributed by atoms with Crippen LogP contribution in [0.3, 0.4) is 0 Å². The second-order valence-corrected chi connectivity index (χ2v) is 8.43. The third-order valence-electron chi connectivity index (χ3n) is 7.07. The number of fused-ring (bicyclic) bond motifs is 2. The van der Waals surface area contributed by atoms with Gasteiger partial charge in [-0.25, -0.2) is 0 Å². The van der Waals surface area contributed by atoms with E-state index < -0.39 is 28.7 Å². The van der Waals surface area contributed by atoms with E-state index >= 15 is 0 Å². The Morgan fingerprint density at radius 1 is 1.06 bits per heavy atom. The van der Waals surface area contributed by atoms with Crippen molar-refractivity contribution in [3.63, 3.8) is 0 Å². The first-order chi connectivity index (χ1) is 14.9. The molecule has 3 atom stereocenters. The summed E-state index contributed by atoms with van der Waals surface area (Å²) in [5.41, 5.74) is 2.40. The van der Waals surface area contributed by atoms with Crippen LogP contribution in [-0.4, -0.2) is 31.9 Å². The van der Waals surface area contributed by atoms with Crippen LogP contribution in [-0.2, 0) is 24.5 Å². The maximum atomic E-state index is 13.4. The van der Waals surface area contributed by atoms with Crippen LogP contribution in [0.5, 0.6) is 0 Å². The van der Waals surface area contributed by atoms with E-state index in [1.165, 1.54) is 14.2 Å². The van der Waals surface area contributed by atoms with E-state index in [1.807, 2.05) is 68.5 Å². The zero-order chi connectivity index (χ0) is 22.4. The lowest BCUT2D eigenvalue weighted by molar-refractivity contribution is -0.170. The molecule has 1 heterocycles. The van der Waals surface area contributed by atoms with Crippen LogP contribution in [0.4, 0.5) is 5.69 Å². The molecule has 1 aliphatic heterocycles. The molecule has 160 valence electrons. The third kappa shape index (κ3) is 2.65. The molecule has 31 heavy (non-hydrogen) atoms. The van der Waals surface area contributed by atoms with Gasteiger partial charge in [-0.3, -0.25) is 14.6 Å². The zero-order valence-corrected chi connectivity index (χ0v) is 18.3. The average Bonchev–Trinajstić information content (AvgIpc) is 3.26. The van der Waals surface area contributed by atoms with Crippen LogP contribution >= 0.6 is 0 Å². The number of benzene rings is 2. The Balaban J connectivity index is 2.14. The highest BCUT2D eigenvalue weighted by Gasteiger charge is 2.72. The predicted octanol–water partition coefficient (Wildman–Crippen LogP) is 4.66. The quantitative estimate of drug-likeness (QED) is 0.412. The number of nitrogens with zero attached hydrogens (tertiary/aromatic N) is 1. The van der Waals surface area contributed by atoms with E-state index in [2.05, 4.69) is 6.58 Å². The Bertz CT molecular complexity index is 1090. The van der Waals surface area contributed by atoms with E-state index in [9.17, 15) is 9.59 Å². The van der Waals surface area contributed by atoms with Gasteiger partial charge in [0.1, 0.15) is 0 Å². The first kappa shape index (κ1) is 21.0. The van der Waals surface area contributed by atoms with Crippen LogP contribution < -0.4 is 0 Å². The molecule has 2 aromatic carbocycles. The summed E-state index contributed by atoms with van der Waals surface area (Å²) in [5.74, 6) is -1.96. The molecule has 0 unspecified atom stereocenters. The van der Waals surface area contributed by atoms with Gasteiger partial charge in [0.05, 0.1) is 25.3 Å². The Morgan fingerprint density at radius 2 is 1.74 bits per heavy atom. The molecule has 5 heteroatoms. The van der Waals surface area contributed by atoms with Gasteiger partial charge in [-0.15, -0.1) is 6.58 Å². The van der Waals surface area contributed by atoms with Gasteiger partial charge < -0.3 is 9.47 Å². The van der Waals surface area contributed by atoms with Crippen molar-refractivity contribution in [1.82, 2.24) is 0 Å². The van der Waals surface area contributed by atoms with Gasteiger partial charge in [-0.2, -0.15) is 0 Å². The van der Waals surface area contributed by atoms with Crippen LogP contribution in [0.2, 0.25) is 0 Å². The minimum atomic E-state index is -1.52. The van der Waals surface area contributed by atoms with Crippen LogP contribution in [0, 0.1) is 18.3 Å². The average molecular weight is 418 g/mol. The smallest absolute Gasteiger partial charge is 0.323 e. The number of aryl methyl sites for hydroxylation is 1. The molecule has 0 amide bonds. The highest BCUT2D eigenvalue weighted by atomic mass is 16.5. The van der Waals surface area contributed by atoms with Crippen molar-refractivity contribution in [1.29, 1.82) is 0 Å². The van der Waals surface area contributed by atoms with E-state index in [4.69, 9.17) is 14.5 Å². The number of rotatable bonds is 4. The summed E-state index contributed by atoms with van der Waals surface area (Å²) in [6.45, 7) is 8.07.